The predicted molar refractivity (Wildman–Crippen MR) is 115 cm³/mol. The minimum absolute atomic E-state index is 0.0585. The molecule has 0 radical (unpaired) electrons. The summed E-state index contributed by atoms with van der Waals surface area (Å²) in [6.45, 7) is 1.40. The molecule has 0 bridgehead atoms. The van der Waals surface area contributed by atoms with Crippen LogP contribution in [0.15, 0.2) is 54.7 Å². The maximum Gasteiger partial charge on any atom is 0.251 e. The number of nitrogens with zero attached hydrogens (tertiary/aromatic N) is 3. The minimum Gasteiger partial charge on any atom is -0.377 e. The van der Waals surface area contributed by atoms with E-state index in [1.807, 2.05) is 6.07 Å². The summed E-state index contributed by atoms with van der Waals surface area (Å²) in [6.07, 6.45) is 0.338. The van der Waals surface area contributed by atoms with Crippen LogP contribution in [0.3, 0.4) is 0 Å². The normalized spacial score (nSPS) is 14.4. The Balaban J connectivity index is 1.29. The zero-order chi connectivity index (χ0) is 22.3. The Morgan fingerprint density at radius 2 is 2.03 bits per heavy atom. The summed E-state index contributed by atoms with van der Waals surface area (Å²) in [5, 5.41) is 14.2. The van der Waals surface area contributed by atoms with E-state index >= 15 is 0 Å². The number of carbonyl (C=O) groups is 1. The highest BCUT2D eigenvalue weighted by Crippen LogP contribution is 2.19. The van der Waals surface area contributed by atoms with E-state index in [2.05, 4.69) is 25.8 Å². The largest absolute Gasteiger partial charge is 0.377 e. The van der Waals surface area contributed by atoms with Crippen LogP contribution in [-0.4, -0.2) is 53.1 Å². The third-order valence-corrected chi connectivity index (χ3v) is 5.07. The lowest BCUT2D eigenvalue weighted by molar-refractivity contribution is -0.00346. The van der Waals surface area contributed by atoms with Crippen molar-refractivity contribution in [2.45, 2.75) is 25.1 Å². The lowest BCUT2D eigenvalue weighted by Gasteiger charge is -2.26. The molecule has 1 amide bonds. The third-order valence-electron chi connectivity index (χ3n) is 5.07. The highest BCUT2D eigenvalue weighted by Gasteiger charge is 2.21. The Labute approximate surface area is 184 Å². The van der Waals surface area contributed by atoms with E-state index in [9.17, 15) is 13.6 Å². The summed E-state index contributed by atoms with van der Waals surface area (Å²) in [4.78, 5) is 16.2. The number of ether oxygens (including phenoxy) is 1. The van der Waals surface area contributed by atoms with Gasteiger partial charge in [-0.05, 0) is 42.8 Å². The zero-order valence-electron chi connectivity index (χ0n) is 17.3. The molecule has 1 aliphatic heterocycles. The fourth-order valence-electron chi connectivity index (χ4n) is 3.23. The van der Waals surface area contributed by atoms with Crippen molar-refractivity contribution in [1.82, 2.24) is 20.5 Å². The second-order valence-electron chi connectivity index (χ2n) is 7.54. The number of carbonyl (C=O) groups excluding carboxylic acids is 1. The lowest BCUT2D eigenvalue weighted by atomic mass is 10.1. The van der Waals surface area contributed by atoms with Crippen LogP contribution in [0.25, 0.3) is 11.3 Å². The first-order chi connectivity index (χ1) is 15.6. The van der Waals surface area contributed by atoms with E-state index in [1.165, 1.54) is 18.3 Å². The first-order valence-corrected chi connectivity index (χ1v) is 10.4. The van der Waals surface area contributed by atoms with Gasteiger partial charge in [-0.1, -0.05) is 12.1 Å². The molecule has 0 unspecified atom stereocenters. The Morgan fingerprint density at radius 1 is 1.16 bits per heavy atom. The molecule has 1 fully saturated rings. The van der Waals surface area contributed by atoms with Crippen LogP contribution >= 0.6 is 0 Å². The molecule has 0 spiro atoms. The Hall–Kier alpha value is -3.46. The maximum atomic E-state index is 14.1. The number of anilines is 1. The van der Waals surface area contributed by atoms with Gasteiger partial charge in [-0.2, -0.15) is 0 Å². The van der Waals surface area contributed by atoms with Gasteiger partial charge in [-0.25, -0.2) is 8.78 Å². The van der Waals surface area contributed by atoms with E-state index in [1.54, 1.807) is 30.3 Å². The van der Waals surface area contributed by atoms with E-state index in [4.69, 9.17) is 4.74 Å². The molecular weight excluding hydrogens is 416 g/mol. The number of benzene rings is 1. The van der Waals surface area contributed by atoms with Crippen LogP contribution in [0.4, 0.5) is 14.6 Å². The SMILES string of the molecule is O=C(NC1COC1)c1cccc(-c2ccc(NCC[C@H](F)Cc3ncccc3F)nn2)c1. The summed E-state index contributed by atoms with van der Waals surface area (Å²) in [7, 11) is 0. The standard InChI is InChI=1S/C23H23F2N5O2/c24-17(12-21-19(25)5-2-9-26-21)8-10-27-22-7-6-20(29-30-22)15-3-1-4-16(11-15)23(31)28-18-13-32-14-18/h1-7,9,11,17-18H,8,10,12-14H2,(H,27,30)(H,28,31)/t17-/m0/s1. The number of alkyl halides is 1. The predicted octanol–water partition coefficient (Wildman–Crippen LogP) is 3.19. The monoisotopic (exact) mass is 439 g/mol. The first-order valence-electron chi connectivity index (χ1n) is 10.4. The Bertz CT molecular complexity index is 1060. The molecule has 2 aromatic heterocycles. The number of amides is 1. The fraction of sp³-hybridized carbons (Fsp3) is 0.304. The van der Waals surface area contributed by atoms with Crippen molar-refractivity contribution in [2.24, 2.45) is 0 Å². The molecule has 32 heavy (non-hydrogen) atoms. The van der Waals surface area contributed by atoms with E-state index < -0.39 is 12.0 Å². The Morgan fingerprint density at radius 3 is 2.75 bits per heavy atom. The third kappa shape index (κ3) is 5.61. The Kier molecular flexibility index (Phi) is 6.96. The van der Waals surface area contributed by atoms with Gasteiger partial charge in [-0.3, -0.25) is 9.78 Å². The van der Waals surface area contributed by atoms with Gasteiger partial charge in [0.25, 0.3) is 5.91 Å². The van der Waals surface area contributed by atoms with Gasteiger partial charge in [0.15, 0.2) is 0 Å². The molecule has 9 heteroatoms. The highest BCUT2D eigenvalue weighted by molar-refractivity contribution is 5.95. The summed E-state index contributed by atoms with van der Waals surface area (Å²) >= 11 is 0. The van der Waals surface area contributed by atoms with Crippen molar-refractivity contribution in [1.29, 1.82) is 0 Å². The molecule has 4 rings (SSSR count). The maximum absolute atomic E-state index is 14.1. The molecule has 1 saturated heterocycles. The average Bonchev–Trinajstić information content (AvgIpc) is 2.78. The van der Waals surface area contributed by atoms with Gasteiger partial charge < -0.3 is 15.4 Å². The van der Waals surface area contributed by atoms with Crippen LogP contribution in [0.1, 0.15) is 22.5 Å². The topological polar surface area (TPSA) is 89.0 Å². The highest BCUT2D eigenvalue weighted by atomic mass is 19.1. The van der Waals surface area contributed by atoms with E-state index in [-0.39, 0.29) is 30.5 Å². The van der Waals surface area contributed by atoms with Gasteiger partial charge in [0.1, 0.15) is 17.8 Å². The average molecular weight is 439 g/mol. The van der Waals surface area contributed by atoms with Crippen molar-refractivity contribution in [3.63, 3.8) is 0 Å². The summed E-state index contributed by atoms with van der Waals surface area (Å²) < 4.78 is 32.8. The van der Waals surface area contributed by atoms with E-state index in [0.717, 1.165) is 5.56 Å². The van der Waals surface area contributed by atoms with Crippen molar-refractivity contribution >= 4 is 11.7 Å². The molecular formula is C23H23F2N5O2. The van der Waals surface area contributed by atoms with Crippen LogP contribution in [0.5, 0.6) is 0 Å². The lowest BCUT2D eigenvalue weighted by Crippen LogP contribution is -2.48. The number of hydrogen-bond donors (Lipinski definition) is 2. The van der Waals surface area contributed by atoms with Gasteiger partial charge >= 0.3 is 0 Å². The number of pyridine rings is 1. The molecule has 3 aromatic rings. The second kappa shape index (κ2) is 10.2. The van der Waals surface area contributed by atoms with Gasteiger partial charge in [0.2, 0.25) is 0 Å². The van der Waals surface area contributed by atoms with E-state index in [0.29, 0.717) is 36.8 Å². The van der Waals surface area contributed by atoms with Gasteiger partial charge in [-0.15, -0.1) is 10.2 Å². The molecule has 166 valence electrons. The number of hydrogen-bond acceptors (Lipinski definition) is 6. The molecule has 1 aliphatic rings. The van der Waals surface area contributed by atoms with Crippen molar-refractivity contribution in [3.8, 4) is 11.3 Å². The van der Waals surface area contributed by atoms with Crippen LogP contribution < -0.4 is 10.6 Å². The number of nitrogens with one attached hydrogen (secondary N) is 2. The number of aromatic nitrogens is 3. The molecule has 1 aromatic carbocycles. The molecule has 0 saturated carbocycles. The van der Waals surface area contributed by atoms with Crippen LogP contribution in [0, 0.1) is 5.82 Å². The molecule has 0 aliphatic carbocycles. The second-order valence-corrected chi connectivity index (χ2v) is 7.54. The quantitative estimate of drug-likeness (QED) is 0.532. The van der Waals surface area contributed by atoms with Crippen molar-refractivity contribution in [2.75, 3.05) is 25.1 Å². The van der Waals surface area contributed by atoms with Crippen molar-refractivity contribution in [3.05, 3.63) is 71.8 Å². The number of rotatable bonds is 9. The van der Waals surface area contributed by atoms with Crippen molar-refractivity contribution < 1.29 is 18.3 Å². The molecule has 2 N–H and O–H groups in total. The molecule has 1 atom stereocenters. The fourth-order valence-corrected chi connectivity index (χ4v) is 3.23. The van der Waals surface area contributed by atoms with Crippen LogP contribution in [-0.2, 0) is 11.2 Å². The zero-order valence-corrected chi connectivity index (χ0v) is 17.3. The van der Waals surface area contributed by atoms with Gasteiger partial charge in [0.05, 0.1) is 30.6 Å². The smallest absolute Gasteiger partial charge is 0.251 e. The minimum atomic E-state index is -1.22. The first kappa shape index (κ1) is 21.8. The number of halogens is 2. The molecule has 7 nitrogen and oxygen atoms in total. The van der Waals surface area contributed by atoms with Crippen LogP contribution in [0.2, 0.25) is 0 Å². The summed E-state index contributed by atoms with van der Waals surface area (Å²) in [6, 6.07) is 13.5. The summed E-state index contributed by atoms with van der Waals surface area (Å²) in [5.41, 5.74) is 2.05. The summed E-state index contributed by atoms with van der Waals surface area (Å²) in [5.74, 6) is -0.148. The van der Waals surface area contributed by atoms with Gasteiger partial charge in [0, 0.05) is 30.3 Å². The molecule has 3 heterocycles.